The highest BCUT2D eigenvalue weighted by molar-refractivity contribution is 7.16. The number of rotatable bonds is 3. The fourth-order valence-corrected chi connectivity index (χ4v) is 2.49. The van der Waals surface area contributed by atoms with Crippen LogP contribution in [0.4, 0.5) is 23.0 Å². The Morgan fingerprint density at radius 3 is 2.90 bits per heavy atom. The van der Waals surface area contributed by atoms with Crippen molar-refractivity contribution in [2.75, 3.05) is 11.1 Å². The Morgan fingerprint density at radius 1 is 1.30 bits per heavy atom. The molecule has 0 radical (unpaired) electrons. The average molecular weight is 287 g/mol. The lowest BCUT2D eigenvalue weighted by Gasteiger charge is -2.06. The van der Waals surface area contributed by atoms with Crippen LogP contribution in [0, 0.1) is 10.1 Å². The Balaban J connectivity index is 1.90. The van der Waals surface area contributed by atoms with Crippen LogP contribution < -0.4 is 11.1 Å². The van der Waals surface area contributed by atoms with E-state index in [0.29, 0.717) is 5.82 Å². The molecule has 8 heteroatoms. The lowest BCUT2D eigenvalue weighted by atomic mass is 10.3. The molecule has 2 heterocycles. The molecule has 0 aliphatic carbocycles. The SMILES string of the molecule is Nc1nc(Nc2ccc3ncsc3c2)ccc1[N+](=O)[O-]. The molecule has 0 atom stereocenters. The van der Waals surface area contributed by atoms with Gasteiger partial charge in [-0.15, -0.1) is 11.3 Å². The summed E-state index contributed by atoms with van der Waals surface area (Å²) in [4.78, 5) is 18.3. The molecule has 0 spiro atoms. The van der Waals surface area contributed by atoms with Gasteiger partial charge in [-0.25, -0.2) is 9.97 Å². The van der Waals surface area contributed by atoms with Gasteiger partial charge in [0, 0.05) is 11.8 Å². The standard InChI is InChI=1S/C12H9N5O2S/c13-12-9(17(18)19)3-4-11(16-12)15-7-1-2-8-10(5-7)20-6-14-8/h1-6H,(H3,13,15,16). The second-order valence-electron chi connectivity index (χ2n) is 4.02. The highest BCUT2D eigenvalue weighted by atomic mass is 32.1. The molecule has 0 amide bonds. The number of nitrogens with zero attached hydrogens (tertiary/aromatic N) is 3. The fourth-order valence-electron chi connectivity index (χ4n) is 1.77. The third-order valence-electron chi connectivity index (χ3n) is 2.70. The zero-order valence-electron chi connectivity index (χ0n) is 10.1. The van der Waals surface area contributed by atoms with Crippen LogP contribution in [0.2, 0.25) is 0 Å². The van der Waals surface area contributed by atoms with Gasteiger partial charge in [0.1, 0.15) is 5.82 Å². The van der Waals surface area contributed by atoms with Crippen LogP contribution in [-0.4, -0.2) is 14.9 Å². The van der Waals surface area contributed by atoms with Gasteiger partial charge in [0.2, 0.25) is 5.82 Å². The van der Waals surface area contributed by atoms with Crippen molar-refractivity contribution in [1.82, 2.24) is 9.97 Å². The molecule has 20 heavy (non-hydrogen) atoms. The van der Waals surface area contributed by atoms with Crippen molar-refractivity contribution in [2.45, 2.75) is 0 Å². The zero-order valence-corrected chi connectivity index (χ0v) is 10.9. The minimum atomic E-state index is -0.560. The van der Waals surface area contributed by atoms with Crippen LogP contribution in [-0.2, 0) is 0 Å². The molecule has 0 aliphatic heterocycles. The monoisotopic (exact) mass is 287 g/mol. The van der Waals surface area contributed by atoms with Crippen LogP contribution in [0.5, 0.6) is 0 Å². The number of nitro groups is 1. The van der Waals surface area contributed by atoms with E-state index in [0.717, 1.165) is 15.9 Å². The highest BCUT2D eigenvalue weighted by Crippen LogP contribution is 2.26. The van der Waals surface area contributed by atoms with Gasteiger partial charge < -0.3 is 11.1 Å². The molecule has 3 aromatic rings. The van der Waals surface area contributed by atoms with Crippen LogP contribution in [0.15, 0.2) is 35.8 Å². The maximum absolute atomic E-state index is 10.7. The molecule has 0 saturated heterocycles. The van der Waals surface area contributed by atoms with Crippen LogP contribution >= 0.6 is 11.3 Å². The van der Waals surface area contributed by atoms with E-state index in [4.69, 9.17) is 5.73 Å². The number of fused-ring (bicyclic) bond motifs is 1. The van der Waals surface area contributed by atoms with E-state index in [2.05, 4.69) is 15.3 Å². The topological polar surface area (TPSA) is 107 Å². The first kappa shape index (κ1) is 12.3. The van der Waals surface area contributed by atoms with Gasteiger partial charge in [0.05, 0.1) is 20.7 Å². The van der Waals surface area contributed by atoms with E-state index >= 15 is 0 Å². The van der Waals surface area contributed by atoms with Crippen LogP contribution in [0.1, 0.15) is 0 Å². The van der Waals surface area contributed by atoms with Gasteiger partial charge in [-0.1, -0.05) is 0 Å². The van der Waals surface area contributed by atoms with Crippen molar-refractivity contribution >= 4 is 44.6 Å². The second kappa shape index (κ2) is 4.74. The zero-order chi connectivity index (χ0) is 14.1. The Hall–Kier alpha value is -2.74. The first-order valence-electron chi connectivity index (χ1n) is 5.64. The van der Waals surface area contributed by atoms with Crippen molar-refractivity contribution in [1.29, 1.82) is 0 Å². The average Bonchev–Trinajstić information content (AvgIpc) is 2.85. The number of thiazole rings is 1. The molecule has 0 fully saturated rings. The van der Waals surface area contributed by atoms with E-state index in [1.165, 1.54) is 23.5 Å². The highest BCUT2D eigenvalue weighted by Gasteiger charge is 2.12. The minimum Gasteiger partial charge on any atom is -0.378 e. The van der Waals surface area contributed by atoms with Crippen LogP contribution in [0.3, 0.4) is 0 Å². The quantitative estimate of drug-likeness (QED) is 0.566. The summed E-state index contributed by atoms with van der Waals surface area (Å²) in [5.41, 5.74) is 8.87. The number of aromatic nitrogens is 2. The van der Waals surface area contributed by atoms with Gasteiger partial charge in [0.25, 0.3) is 0 Å². The molecule has 1 aromatic carbocycles. The number of hydrogen-bond acceptors (Lipinski definition) is 7. The Labute approximate surface area is 117 Å². The predicted molar refractivity (Wildman–Crippen MR) is 78.2 cm³/mol. The fraction of sp³-hybridized carbons (Fsp3) is 0. The van der Waals surface area contributed by atoms with Crippen molar-refractivity contribution in [2.24, 2.45) is 0 Å². The van der Waals surface area contributed by atoms with E-state index < -0.39 is 4.92 Å². The summed E-state index contributed by atoms with van der Waals surface area (Å²) in [6, 6.07) is 8.54. The first-order valence-corrected chi connectivity index (χ1v) is 6.52. The van der Waals surface area contributed by atoms with Crippen molar-refractivity contribution in [3.63, 3.8) is 0 Å². The molecule has 7 nitrogen and oxygen atoms in total. The summed E-state index contributed by atoms with van der Waals surface area (Å²) >= 11 is 1.54. The predicted octanol–water partition coefficient (Wildman–Crippen LogP) is 2.93. The van der Waals surface area contributed by atoms with Crippen molar-refractivity contribution < 1.29 is 4.92 Å². The maximum atomic E-state index is 10.7. The Morgan fingerprint density at radius 2 is 2.15 bits per heavy atom. The maximum Gasteiger partial charge on any atom is 0.311 e. The van der Waals surface area contributed by atoms with Gasteiger partial charge in [-0.2, -0.15) is 0 Å². The number of hydrogen-bond donors (Lipinski definition) is 2. The van der Waals surface area contributed by atoms with Crippen molar-refractivity contribution in [3.8, 4) is 0 Å². The normalized spacial score (nSPS) is 10.6. The third-order valence-corrected chi connectivity index (χ3v) is 3.49. The summed E-state index contributed by atoms with van der Waals surface area (Å²) in [7, 11) is 0. The summed E-state index contributed by atoms with van der Waals surface area (Å²) in [6.45, 7) is 0. The molecule has 100 valence electrons. The number of benzene rings is 1. The molecule has 3 rings (SSSR count). The summed E-state index contributed by atoms with van der Waals surface area (Å²) < 4.78 is 1.05. The second-order valence-corrected chi connectivity index (χ2v) is 4.90. The Bertz CT molecular complexity index is 801. The minimum absolute atomic E-state index is 0.112. The smallest absolute Gasteiger partial charge is 0.311 e. The molecule has 0 saturated carbocycles. The Kier molecular flexibility index (Phi) is 2.92. The first-order chi connectivity index (χ1) is 9.63. The summed E-state index contributed by atoms with van der Waals surface area (Å²) in [6.07, 6.45) is 0. The van der Waals surface area contributed by atoms with E-state index in [1.54, 1.807) is 5.51 Å². The van der Waals surface area contributed by atoms with E-state index in [1.807, 2.05) is 18.2 Å². The van der Waals surface area contributed by atoms with E-state index in [9.17, 15) is 10.1 Å². The van der Waals surface area contributed by atoms with Crippen molar-refractivity contribution in [3.05, 3.63) is 46.0 Å². The third kappa shape index (κ3) is 2.24. The molecule has 0 aliphatic rings. The largest absolute Gasteiger partial charge is 0.378 e. The number of pyridine rings is 1. The van der Waals surface area contributed by atoms with Crippen LogP contribution in [0.25, 0.3) is 10.2 Å². The molecular weight excluding hydrogens is 278 g/mol. The van der Waals surface area contributed by atoms with Gasteiger partial charge in [-0.3, -0.25) is 10.1 Å². The number of nitrogens with one attached hydrogen (secondary N) is 1. The number of nitrogens with two attached hydrogens (primary N) is 1. The lowest BCUT2D eigenvalue weighted by Crippen LogP contribution is -2.01. The van der Waals surface area contributed by atoms with E-state index in [-0.39, 0.29) is 11.5 Å². The number of anilines is 3. The summed E-state index contributed by atoms with van der Waals surface area (Å²) in [5, 5.41) is 13.7. The molecular formula is C12H9N5O2S. The van der Waals surface area contributed by atoms with Gasteiger partial charge >= 0.3 is 5.69 Å². The summed E-state index contributed by atoms with van der Waals surface area (Å²) in [5.74, 6) is 0.343. The molecule has 3 N–H and O–H groups in total. The molecule has 0 bridgehead atoms. The van der Waals surface area contributed by atoms with Gasteiger partial charge in [-0.05, 0) is 24.3 Å². The number of nitrogen functional groups attached to an aromatic ring is 1. The lowest BCUT2D eigenvalue weighted by molar-refractivity contribution is -0.384. The molecule has 2 aromatic heterocycles. The van der Waals surface area contributed by atoms with Gasteiger partial charge in [0.15, 0.2) is 0 Å². The molecule has 0 unspecified atom stereocenters.